The van der Waals surface area contributed by atoms with Crippen molar-refractivity contribution in [3.8, 4) is 0 Å². The maximum Gasteiger partial charge on any atom is 0.0858 e. The molecule has 0 saturated heterocycles. The molecule has 130 valence electrons. The highest BCUT2D eigenvalue weighted by molar-refractivity contribution is 5.28. The zero-order valence-corrected chi connectivity index (χ0v) is 15.2. The topological polar surface area (TPSA) is 50.1 Å². The summed E-state index contributed by atoms with van der Waals surface area (Å²) in [6.45, 7) is 10.3. The average molecular weight is 327 g/mol. The van der Waals surface area contributed by atoms with Gasteiger partial charge in [-0.3, -0.25) is 4.68 Å². The molecule has 2 N–H and O–H groups in total. The Kier molecular flexibility index (Phi) is 4.79. The first kappa shape index (κ1) is 17.2. The fourth-order valence-electron chi connectivity index (χ4n) is 3.80. The van der Waals surface area contributed by atoms with Crippen molar-refractivity contribution in [1.82, 2.24) is 15.1 Å². The molecule has 1 fully saturated rings. The molecule has 3 rings (SSSR count). The summed E-state index contributed by atoms with van der Waals surface area (Å²) in [4.78, 5) is 0. The Balaban J connectivity index is 1.68. The summed E-state index contributed by atoms with van der Waals surface area (Å²) in [5.41, 5.74) is 4.64. The molecule has 1 aliphatic rings. The van der Waals surface area contributed by atoms with Crippen molar-refractivity contribution in [2.75, 3.05) is 6.54 Å². The van der Waals surface area contributed by atoms with E-state index in [0.717, 1.165) is 37.2 Å². The quantitative estimate of drug-likeness (QED) is 0.815. The van der Waals surface area contributed by atoms with Gasteiger partial charge in [-0.15, -0.1) is 0 Å². The predicted molar refractivity (Wildman–Crippen MR) is 96.9 cm³/mol. The highest BCUT2D eigenvalue weighted by Gasteiger charge is 2.49. The van der Waals surface area contributed by atoms with Crippen LogP contribution in [0.5, 0.6) is 0 Å². The summed E-state index contributed by atoms with van der Waals surface area (Å²) in [7, 11) is 0. The number of rotatable bonds is 7. The molecule has 0 aliphatic heterocycles. The van der Waals surface area contributed by atoms with E-state index in [2.05, 4.69) is 42.8 Å². The van der Waals surface area contributed by atoms with Gasteiger partial charge in [0.1, 0.15) is 0 Å². The van der Waals surface area contributed by atoms with Gasteiger partial charge in [0.2, 0.25) is 0 Å². The zero-order chi connectivity index (χ0) is 17.3. The van der Waals surface area contributed by atoms with Crippen LogP contribution in [0.3, 0.4) is 0 Å². The molecule has 1 aromatic carbocycles. The van der Waals surface area contributed by atoms with E-state index in [0.29, 0.717) is 0 Å². The van der Waals surface area contributed by atoms with Gasteiger partial charge in [-0.2, -0.15) is 5.10 Å². The van der Waals surface area contributed by atoms with Crippen LogP contribution in [0.1, 0.15) is 61.3 Å². The molecule has 4 nitrogen and oxygen atoms in total. The van der Waals surface area contributed by atoms with Crippen molar-refractivity contribution in [1.29, 1.82) is 0 Å². The smallest absolute Gasteiger partial charge is 0.0858 e. The first-order valence-electron chi connectivity index (χ1n) is 8.99. The Hall–Kier alpha value is -1.65. The van der Waals surface area contributed by atoms with Gasteiger partial charge >= 0.3 is 0 Å². The minimum Gasteiger partial charge on any atom is -0.388 e. The third kappa shape index (κ3) is 3.13. The van der Waals surface area contributed by atoms with Crippen molar-refractivity contribution in [2.45, 2.75) is 59.2 Å². The lowest BCUT2D eigenvalue weighted by Gasteiger charge is -2.25. The Morgan fingerprint density at radius 3 is 2.46 bits per heavy atom. The van der Waals surface area contributed by atoms with Gasteiger partial charge < -0.3 is 10.4 Å². The fourth-order valence-corrected chi connectivity index (χ4v) is 3.80. The molecule has 1 heterocycles. The molecular weight excluding hydrogens is 298 g/mol. The summed E-state index contributed by atoms with van der Waals surface area (Å²) in [5, 5.41) is 19.1. The molecule has 1 saturated carbocycles. The van der Waals surface area contributed by atoms with Crippen LogP contribution in [0.2, 0.25) is 0 Å². The maximum atomic E-state index is 10.8. The SMILES string of the molecule is CCn1nc(C)c(C(C)NCC2(C(O)c3ccccc3)CC2)c1C. The van der Waals surface area contributed by atoms with Crippen molar-refractivity contribution < 1.29 is 5.11 Å². The molecule has 0 bridgehead atoms. The van der Waals surface area contributed by atoms with E-state index in [1.807, 2.05) is 30.3 Å². The van der Waals surface area contributed by atoms with Crippen LogP contribution in [-0.2, 0) is 6.54 Å². The number of aliphatic hydroxyl groups is 1. The number of hydrogen-bond acceptors (Lipinski definition) is 3. The van der Waals surface area contributed by atoms with Crippen LogP contribution in [0.25, 0.3) is 0 Å². The summed E-state index contributed by atoms with van der Waals surface area (Å²) < 4.78 is 2.06. The molecule has 0 spiro atoms. The van der Waals surface area contributed by atoms with Crippen molar-refractivity contribution in [2.24, 2.45) is 5.41 Å². The number of benzene rings is 1. The van der Waals surface area contributed by atoms with Crippen LogP contribution in [0.15, 0.2) is 30.3 Å². The van der Waals surface area contributed by atoms with E-state index in [9.17, 15) is 5.11 Å². The lowest BCUT2D eigenvalue weighted by atomic mass is 9.92. The molecular formula is C20H29N3O. The predicted octanol–water partition coefficient (Wildman–Crippen LogP) is 3.68. The lowest BCUT2D eigenvalue weighted by molar-refractivity contribution is 0.0903. The average Bonchev–Trinajstić information content (AvgIpc) is 3.33. The largest absolute Gasteiger partial charge is 0.388 e. The highest BCUT2D eigenvalue weighted by Crippen LogP contribution is 2.54. The Labute approximate surface area is 144 Å². The van der Waals surface area contributed by atoms with Crippen molar-refractivity contribution in [3.63, 3.8) is 0 Å². The summed E-state index contributed by atoms with van der Waals surface area (Å²) in [5.74, 6) is 0. The van der Waals surface area contributed by atoms with E-state index in [1.54, 1.807) is 0 Å². The molecule has 2 aromatic rings. The summed E-state index contributed by atoms with van der Waals surface area (Å²) in [6, 6.07) is 10.3. The maximum absolute atomic E-state index is 10.8. The second kappa shape index (κ2) is 6.69. The van der Waals surface area contributed by atoms with Gasteiger partial charge in [-0.05, 0) is 46.1 Å². The third-order valence-electron chi connectivity index (χ3n) is 5.52. The Bertz CT molecular complexity index is 688. The van der Waals surface area contributed by atoms with E-state index in [4.69, 9.17) is 0 Å². The van der Waals surface area contributed by atoms with E-state index in [1.165, 1.54) is 11.3 Å². The van der Waals surface area contributed by atoms with Gasteiger partial charge in [-0.25, -0.2) is 0 Å². The Morgan fingerprint density at radius 2 is 1.92 bits per heavy atom. The highest BCUT2D eigenvalue weighted by atomic mass is 16.3. The summed E-state index contributed by atoms with van der Waals surface area (Å²) >= 11 is 0. The Morgan fingerprint density at radius 1 is 1.25 bits per heavy atom. The fraction of sp³-hybridized carbons (Fsp3) is 0.550. The number of nitrogens with one attached hydrogen (secondary N) is 1. The lowest BCUT2D eigenvalue weighted by Crippen LogP contribution is -2.31. The standard InChI is InChI=1S/C20H29N3O/c1-5-23-16(4)18(15(3)22-23)14(2)21-13-20(11-12-20)19(24)17-9-7-6-8-10-17/h6-10,14,19,21,24H,5,11-13H2,1-4H3. The van der Waals surface area contributed by atoms with E-state index < -0.39 is 0 Å². The number of nitrogens with zero attached hydrogens (tertiary/aromatic N) is 2. The van der Waals surface area contributed by atoms with E-state index in [-0.39, 0.29) is 17.6 Å². The minimum atomic E-state index is -0.390. The molecule has 2 unspecified atom stereocenters. The summed E-state index contributed by atoms with van der Waals surface area (Å²) in [6.07, 6.45) is 1.77. The molecule has 24 heavy (non-hydrogen) atoms. The van der Waals surface area contributed by atoms with Crippen LogP contribution < -0.4 is 5.32 Å². The molecule has 1 aliphatic carbocycles. The number of aryl methyl sites for hydroxylation is 2. The van der Waals surface area contributed by atoms with Crippen LogP contribution in [-0.4, -0.2) is 21.4 Å². The zero-order valence-electron chi connectivity index (χ0n) is 15.2. The molecule has 1 aromatic heterocycles. The van der Waals surface area contributed by atoms with Crippen molar-refractivity contribution >= 4 is 0 Å². The first-order chi connectivity index (χ1) is 11.5. The number of aromatic nitrogens is 2. The molecule has 0 amide bonds. The number of aliphatic hydroxyl groups excluding tert-OH is 1. The molecule has 0 radical (unpaired) electrons. The third-order valence-corrected chi connectivity index (χ3v) is 5.52. The molecule has 2 atom stereocenters. The van der Waals surface area contributed by atoms with Crippen molar-refractivity contribution in [3.05, 3.63) is 52.8 Å². The van der Waals surface area contributed by atoms with Gasteiger partial charge in [0, 0.05) is 35.8 Å². The van der Waals surface area contributed by atoms with Gasteiger partial charge in [-0.1, -0.05) is 30.3 Å². The van der Waals surface area contributed by atoms with Gasteiger partial charge in [0.15, 0.2) is 0 Å². The number of hydrogen-bond donors (Lipinski definition) is 2. The normalized spacial score (nSPS) is 18.4. The van der Waals surface area contributed by atoms with Crippen LogP contribution in [0, 0.1) is 19.3 Å². The van der Waals surface area contributed by atoms with Crippen LogP contribution in [0.4, 0.5) is 0 Å². The second-order valence-corrected chi connectivity index (χ2v) is 7.18. The minimum absolute atomic E-state index is 0.0157. The van der Waals surface area contributed by atoms with Gasteiger partial charge in [0.05, 0.1) is 11.8 Å². The second-order valence-electron chi connectivity index (χ2n) is 7.18. The van der Waals surface area contributed by atoms with Gasteiger partial charge in [0.25, 0.3) is 0 Å². The monoisotopic (exact) mass is 327 g/mol. The first-order valence-corrected chi connectivity index (χ1v) is 8.99. The molecule has 4 heteroatoms. The van der Waals surface area contributed by atoms with Crippen LogP contribution >= 0.6 is 0 Å². The van der Waals surface area contributed by atoms with E-state index >= 15 is 0 Å².